The predicted octanol–water partition coefficient (Wildman–Crippen LogP) is 8.91. The average molecular weight is 827 g/mol. The third-order valence-electron chi connectivity index (χ3n) is 8.83. The highest BCUT2D eigenvalue weighted by molar-refractivity contribution is 7.19. The first-order valence-corrected chi connectivity index (χ1v) is 19.9. The number of halogens is 3. The number of carbonyl (C=O) groups is 3. The van der Waals surface area contributed by atoms with Gasteiger partial charge in [0.25, 0.3) is 11.8 Å². The van der Waals surface area contributed by atoms with E-state index < -0.39 is 39.9 Å². The molecule has 0 spiro atoms. The molecular formula is C40H49F3N8O6S. The van der Waals surface area contributed by atoms with E-state index in [9.17, 15) is 37.7 Å². The molecule has 3 aromatic carbocycles. The minimum Gasteiger partial charge on any atom is -0.385 e. The van der Waals surface area contributed by atoms with Crippen LogP contribution >= 0.6 is 11.3 Å². The van der Waals surface area contributed by atoms with Gasteiger partial charge in [0.1, 0.15) is 11.5 Å². The third kappa shape index (κ3) is 14.1. The van der Waals surface area contributed by atoms with Crippen LogP contribution in [0.2, 0.25) is 0 Å². The fraction of sp³-hybridized carbons (Fsp3) is 0.400. The maximum Gasteiger partial charge on any atom is 0.348 e. The summed E-state index contributed by atoms with van der Waals surface area (Å²) in [7, 11) is 0. The Hall–Kier alpha value is -5.59. The number of carbonyl (C=O) groups excluding carboxylic acids is 3. The molecule has 4 aromatic rings. The van der Waals surface area contributed by atoms with Crippen molar-refractivity contribution in [2.45, 2.75) is 78.6 Å². The van der Waals surface area contributed by atoms with E-state index >= 15 is 0 Å². The summed E-state index contributed by atoms with van der Waals surface area (Å²) in [4.78, 5) is 57.3. The van der Waals surface area contributed by atoms with Gasteiger partial charge in [0.05, 0.1) is 39.7 Å². The van der Waals surface area contributed by atoms with Crippen molar-refractivity contribution < 1.29 is 37.3 Å². The van der Waals surface area contributed by atoms with Crippen LogP contribution in [0.3, 0.4) is 0 Å². The predicted molar refractivity (Wildman–Crippen MR) is 219 cm³/mol. The van der Waals surface area contributed by atoms with Crippen molar-refractivity contribution in [3.05, 3.63) is 98.5 Å². The number of aryl methyl sites for hydroxylation is 2. The summed E-state index contributed by atoms with van der Waals surface area (Å²) in [5.41, 5.74) is 3.52. The smallest absolute Gasteiger partial charge is 0.348 e. The molecule has 6 N–H and O–H groups in total. The van der Waals surface area contributed by atoms with E-state index in [4.69, 9.17) is 4.84 Å². The van der Waals surface area contributed by atoms with Gasteiger partial charge in [-0.2, -0.15) is 0 Å². The van der Waals surface area contributed by atoms with Crippen molar-refractivity contribution in [3.63, 3.8) is 0 Å². The SMILES string of the molecule is CC(=O)Nc1cc(NCCCCCCCCCCNCCCONC(=O)c2ccc(F)c(F)c2Nc2ccc(C)cc2F)ccc1C(=O)Nc1nc(C)c([N+](=O)[O-])s1. The van der Waals surface area contributed by atoms with Gasteiger partial charge in [-0.1, -0.05) is 44.6 Å². The van der Waals surface area contributed by atoms with Gasteiger partial charge < -0.3 is 21.3 Å². The van der Waals surface area contributed by atoms with Gasteiger partial charge in [-0.3, -0.25) is 34.7 Å². The molecule has 0 fully saturated rings. The molecule has 0 aliphatic rings. The summed E-state index contributed by atoms with van der Waals surface area (Å²) >= 11 is 0.766. The number of aromatic nitrogens is 1. The maximum absolute atomic E-state index is 14.6. The highest BCUT2D eigenvalue weighted by Gasteiger charge is 2.22. The Morgan fingerprint density at radius 2 is 1.45 bits per heavy atom. The molecule has 0 unspecified atom stereocenters. The highest BCUT2D eigenvalue weighted by atomic mass is 32.1. The van der Waals surface area contributed by atoms with E-state index in [1.54, 1.807) is 31.2 Å². The van der Waals surface area contributed by atoms with Crippen molar-refractivity contribution in [2.75, 3.05) is 47.5 Å². The summed E-state index contributed by atoms with van der Waals surface area (Å²) in [5, 5.41) is 25.5. The number of nitro groups is 1. The molecule has 0 aliphatic carbocycles. The minimum atomic E-state index is -1.31. The first-order chi connectivity index (χ1) is 27.8. The van der Waals surface area contributed by atoms with E-state index in [1.165, 1.54) is 26.0 Å². The Morgan fingerprint density at radius 3 is 2.12 bits per heavy atom. The largest absolute Gasteiger partial charge is 0.385 e. The second-order valence-corrected chi connectivity index (χ2v) is 14.6. The molecule has 1 heterocycles. The molecule has 58 heavy (non-hydrogen) atoms. The van der Waals surface area contributed by atoms with Gasteiger partial charge in [-0.25, -0.2) is 23.6 Å². The van der Waals surface area contributed by atoms with Crippen LogP contribution in [-0.4, -0.2) is 53.9 Å². The first kappa shape index (κ1) is 45.1. The second kappa shape index (κ2) is 23.0. The van der Waals surface area contributed by atoms with Crippen molar-refractivity contribution in [2.24, 2.45) is 0 Å². The fourth-order valence-electron chi connectivity index (χ4n) is 5.87. The molecule has 1 aromatic heterocycles. The average Bonchev–Trinajstić information content (AvgIpc) is 3.55. The van der Waals surface area contributed by atoms with Crippen molar-refractivity contribution in [3.8, 4) is 0 Å². The van der Waals surface area contributed by atoms with Crippen molar-refractivity contribution >= 4 is 61.9 Å². The number of nitrogens with zero attached hydrogens (tertiary/aromatic N) is 2. The number of hydrogen-bond acceptors (Lipinski definition) is 11. The Balaban J connectivity index is 1.02. The Bertz CT molecular complexity index is 2050. The number of thiazole rings is 1. The molecule has 0 radical (unpaired) electrons. The maximum atomic E-state index is 14.6. The molecule has 0 atom stereocenters. The number of hydrogen-bond donors (Lipinski definition) is 6. The van der Waals surface area contributed by atoms with E-state index in [0.717, 1.165) is 93.6 Å². The van der Waals surface area contributed by atoms with Gasteiger partial charge in [-0.15, -0.1) is 0 Å². The Kier molecular flexibility index (Phi) is 17.9. The fourth-order valence-corrected chi connectivity index (χ4v) is 6.65. The second-order valence-electron chi connectivity index (χ2n) is 13.6. The standard InChI is InChI=1S/C40H49F3N8O6S/c1-25-13-18-33(32(42)23-25)48-36-30(16-17-31(41)35(36)43)38(54)50-57-22-12-20-44-19-10-8-6-4-5-7-9-11-21-45-28-14-15-29(34(24-28)47-27(3)52)37(53)49-40-46-26(2)39(58-40)51(55)56/h13-18,23-24,44-45,48H,4-12,19-22H2,1-3H3,(H,47,52)(H,50,54)(H,46,49,53). The number of anilines is 5. The zero-order valence-electron chi connectivity index (χ0n) is 32.7. The Labute approximate surface area is 338 Å². The van der Waals surface area contributed by atoms with Crippen LogP contribution in [0.15, 0.2) is 48.5 Å². The monoisotopic (exact) mass is 826 g/mol. The molecular weight excluding hydrogens is 778 g/mol. The van der Waals surface area contributed by atoms with E-state index in [1.807, 2.05) is 0 Å². The summed E-state index contributed by atoms with van der Waals surface area (Å²) in [6, 6.07) is 11.1. The minimum absolute atomic E-state index is 0.0972. The lowest BCUT2D eigenvalue weighted by molar-refractivity contribution is -0.380. The number of benzene rings is 3. The zero-order valence-corrected chi connectivity index (χ0v) is 33.5. The molecule has 18 heteroatoms. The molecule has 14 nitrogen and oxygen atoms in total. The molecule has 0 aliphatic heterocycles. The number of rotatable bonds is 24. The quantitative estimate of drug-likeness (QED) is 0.0226. The molecule has 3 amide bonds. The van der Waals surface area contributed by atoms with Crippen LogP contribution in [0.5, 0.6) is 0 Å². The van der Waals surface area contributed by atoms with Gasteiger partial charge >= 0.3 is 5.00 Å². The van der Waals surface area contributed by atoms with Crippen LogP contribution in [0.1, 0.15) is 96.7 Å². The van der Waals surface area contributed by atoms with Crippen LogP contribution < -0.4 is 32.1 Å². The lowest BCUT2D eigenvalue weighted by Gasteiger charge is -2.14. The molecule has 312 valence electrons. The van der Waals surface area contributed by atoms with Crippen LogP contribution in [0.4, 0.5) is 46.1 Å². The van der Waals surface area contributed by atoms with Gasteiger partial charge in [0.15, 0.2) is 16.8 Å². The van der Waals surface area contributed by atoms with Gasteiger partial charge in [0.2, 0.25) is 5.91 Å². The van der Waals surface area contributed by atoms with Gasteiger partial charge in [0, 0.05) is 19.2 Å². The van der Waals surface area contributed by atoms with Crippen molar-refractivity contribution in [1.82, 2.24) is 15.8 Å². The number of amides is 3. The summed E-state index contributed by atoms with van der Waals surface area (Å²) < 4.78 is 42.9. The first-order valence-electron chi connectivity index (χ1n) is 19.1. The topological polar surface area (TPSA) is 189 Å². The lowest BCUT2D eigenvalue weighted by atomic mass is 10.1. The zero-order chi connectivity index (χ0) is 42.0. The summed E-state index contributed by atoms with van der Waals surface area (Å²) in [5.74, 6) is -4.85. The van der Waals surface area contributed by atoms with Crippen LogP contribution in [0.25, 0.3) is 0 Å². The van der Waals surface area contributed by atoms with E-state index in [-0.39, 0.29) is 45.2 Å². The van der Waals surface area contributed by atoms with E-state index in [2.05, 4.69) is 37.0 Å². The molecule has 0 saturated carbocycles. The molecule has 4 rings (SSSR count). The molecule has 0 bridgehead atoms. The molecule has 0 saturated heterocycles. The van der Waals surface area contributed by atoms with Crippen LogP contribution in [0, 0.1) is 41.4 Å². The number of nitrogens with one attached hydrogen (secondary N) is 6. The third-order valence-corrected chi connectivity index (χ3v) is 9.86. The Morgan fingerprint density at radius 1 is 0.776 bits per heavy atom. The summed E-state index contributed by atoms with van der Waals surface area (Å²) in [6.07, 6.45) is 9.28. The van der Waals surface area contributed by atoms with Gasteiger partial charge in [-0.05, 0) is 106 Å². The van der Waals surface area contributed by atoms with Crippen molar-refractivity contribution in [1.29, 1.82) is 0 Å². The van der Waals surface area contributed by atoms with E-state index in [0.29, 0.717) is 24.2 Å². The normalized spacial score (nSPS) is 10.9. The summed E-state index contributed by atoms with van der Waals surface area (Å²) in [6.45, 7) is 6.97. The lowest BCUT2D eigenvalue weighted by Crippen LogP contribution is -2.27. The van der Waals surface area contributed by atoms with Crippen LogP contribution in [-0.2, 0) is 9.63 Å². The number of hydroxylamine groups is 1. The number of unbranched alkanes of at least 4 members (excludes halogenated alkanes) is 7. The highest BCUT2D eigenvalue weighted by Crippen LogP contribution is 2.31.